The van der Waals surface area contributed by atoms with Crippen molar-refractivity contribution in [3.63, 3.8) is 0 Å². The summed E-state index contributed by atoms with van der Waals surface area (Å²) < 4.78 is 13.5. The van der Waals surface area contributed by atoms with Crippen LogP contribution in [0.1, 0.15) is 12.8 Å². The van der Waals surface area contributed by atoms with Gasteiger partial charge in [-0.3, -0.25) is 0 Å². The molecule has 1 saturated heterocycles. The highest BCUT2D eigenvalue weighted by Gasteiger charge is 2.32. The summed E-state index contributed by atoms with van der Waals surface area (Å²) in [5.41, 5.74) is 0. The molecule has 23 heavy (non-hydrogen) atoms. The van der Waals surface area contributed by atoms with Gasteiger partial charge in [0, 0.05) is 31.7 Å². The van der Waals surface area contributed by atoms with E-state index >= 15 is 0 Å². The van der Waals surface area contributed by atoms with Gasteiger partial charge >= 0.3 is 0 Å². The van der Waals surface area contributed by atoms with Crippen molar-refractivity contribution < 1.29 is 9.50 Å². The quantitative estimate of drug-likeness (QED) is 0.894. The highest BCUT2D eigenvalue weighted by molar-refractivity contribution is 5.52. The number of rotatable bonds is 4. The Morgan fingerprint density at radius 1 is 1.35 bits per heavy atom. The third kappa shape index (κ3) is 3.79. The second kappa shape index (κ2) is 6.80. The summed E-state index contributed by atoms with van der Waals surface area (Å²) in [7, 11) is 4.05. The standard InChI is InChI=1S/C16H24FN5O/c1-20(2)9-13-6-14(23)10-22(13)16-7-15(18-11-19-16)21-5-3-4-12(17)8-21/h4,7,11,13-14,23H,3,5-6,8-10H2,1-2H3/t13-,14-/m1/s1. The fourth-order valence-electron chi connectivity index (χ4n) is 3.33. The molecule has 1 aromatic rings. The number of anilines is 2. The molecule has 0 amide bonds. The van der Waals surface area contributed by atoms with Gasteiger partial charge < -0.3 is 19.8 Å². The van der Waals surface area contributed by atoms with Crippen molar-refractivity contribution in [2.24, 2.45) is 0 Å². The molecule has 0 bridgehead atoms. The zero-order valence-electron chi connectivity index (χ0n) is 13.7. The van der Waals surface area contributed by atoms with Gasteiger partial charge in [0.2, 0.25) is 0 Å². The van der Waals surface area contributed by atoms with Crippen LogP contribution in [-0.4, -0.2) is 72.4 Å². The minimum Gasteiger partial charge on any atom is -0.391 e. The maximum atomic E-state index is 13.5. The van der Waals surface area contributed by atoms with Crippen molar-refractivity contribution in [3.8, 4) is 0 Å². The molecule has 2 aliphatic rings. The molecule has 3 heterocycles. The number of halogens is 1. The van der Waals surface area contributed by atoms with E-state index in [2.05, 4.69) is 19.8 Å². The molecule has 2 atom stereocenters. The van der Waals surface area contributed by atoms with Gasteiger partial charge in [0.05, 0.1) is 12.6 Å². The number of likely N-dealkylation sites (N-methyl/N-ethyl adjacent to an activating group) is 1. The number of aliphatic hydroxyl groups is 1. The molecule has 3 rings (SSSR count). The predicted molar refractivity (Wildman–Crippen MR) is 88.4 cm³/mol. The van der Waals surface area contributed by atoms with Crippen molar-refractivity contribution in [2.45, 2.75) is 25.0 Å². The maximum Gasteiger partial charge on any atom is 0.134 e. The van der Waals surface area contributed by atoms with Crippen LogP contribution >= 0.6 is 0 Å². The third-order valence-corrected chi connectivity index (χ3v) is 4.33. The summed E-state index contributed by atoms with van der Waals surface area (Å²) in [6.45, 7) is 2.45. The zero-order chi connectivity index (χ0) is 16.4. The van der Waals surface area contributed by atoms with Crippen LogP contribution in [-0.2, 0) is 0 Å². The molecule has 6 nitrogen and oxygen atoms in total. The lowest BCUT2D eigenvalue weighted by Gasteiger charge is -2.29. The van der Waals surface area contributed by atoms with Gasteiger partial charge in [-0.2, -0.15) is 0 Å². The average molecular weight is 321 g/mol. The zero-order valence-corrected chi connectivity index (χ0v) is 13.7. The fourth-order valence-corrected chi connectivity index (χ4v) is 3.33. The van der Waals surface area contributed by atoms with Gasteiger partial charge in [0.1, 0.15) is 23.8 Å². The molecular formula is C16H24FN5O. The van der Waals surface area contributed by atoms with Crippen LogP contribution < -0.4 is 9.80 Å². The van der Waals surface area contributed by atoms with E-state index in [4.69, 9.17) is 0 Å². The van der Waals surface area contributed by atoms with Gasteiger partial charge in [-0.1, -0.05) is 0 Å². The Hall–Kier alpha value is -1.73. The van der Waals surface area contributed by atoms with Crippen LogP contribution in [0.4, 0.5) is 16.0 Å². The first-order chi connectivity index (χ1) is 11.0. The monoisotopic (exact) mass is 321 g/mol. The summed E-state index contributed by atoms with van der Waals surface area (Å²) in [6.07, 6.45) is 4.24. The number of hydrogen-bond acceptors (Lipinski definition) is 6. The van der Waals surface area contributed by atoms with Gasteiger partial charge in [-0.15, -0.1) is 0 Å². The van der Waals surface area contributed by atoms with Crippen LogP contribution in [0.3, 0.4) is 0 Å². The molecule has 0 aromatic carbocycles. The Morgan fingerprint density at radius 2 is 2.13 bits per heavy atom. The number of β-amino-alcohol motifs (C(OH)–C–C–N with tert-alkyl or cyclic N) is 1. The van der Waals surface area contributed by atoms with Crippen LogP contribution in [0.2, 0.25) is 0 Å². The van der Waals surface area contributed by atoms with E-state index < -0.39 is 0 Å². The SMILES string of the molecule is CN(C)C[C@H]1C[C@@H](O)CN1c1cc(N2CCC=C(F)C2)ncn1. The molecule has 1 N–H and O–H groups in total. The van der Waals surface area contributed by atoms with Crippen LogP contribution in [0, 0.1) is 0 Å². The van der Waals surface area contributed by atoms with Crippen molar-refractivity contribution in [2.75, 3.05) is 50.1 Å². The number of nitrogens with zero attached hydrogens (tertiary/aromatic N) is 5. The first-order valence-electron chi connectivity index (χ1n) is 8.04. The van der Waals surface area contributed by atoms with Crippen molar-refractivity contribution in [3.05, 3.63) is 24.3 Å². The van der Waals surface area contributed by atoms with Crippen molar-refractivity contribution in [1.29, 1.82) is 0 Å². The summed E-state index contributed by atoms with van der Waals surface area (Å²) in [5.74, 6) is 1.43. The molecular weight excluding hydrogens is 297 g/mol. The maximum absolute atomic E-state index is 13.5. The van der Waals surface area contributed by atoms with Gasteiger partial charge in [-0.05, 0) is 33.0 Å². The van der Waals surface area contributed by atoms with E-state index in [0.29, 0.717) is 13.0 Å². The Kier molecular flexibility index (Phi) is 4.77. The lowest BCUT2D eigenvalue weighted by Crippen LogP contribution is -2.38. The molecule has 126 valence electrons. The van der Waals surface area contributed by atoms with E-state index in [0.717, 1.165) is 31.1 Å². The number of hydrogen-bond donors (Lipinski definition) is 1. The largest absolute Gasteiger partial charge is 0.391 e. The molecule has 0 unspecified atom stereocenters. The van der Waals surface area contributed by atoms with Crippen LogP contribution in [0.15, 0.2) is 24.3 Å². The van der Waals surface area contributed by atoms with Crippen molar-refractivity contribution >= 4 is 11.6 Å². The van der Waals surface area contributed by atoms with Crippen molar-refractivity contribution in [1.82, 2.24) is 14.9 Å². The Balaban J connectivity index is 1.80. The molecule has 2 aliphatic heterocycles. The third-order valence-electron chi connectivity index (χ3n) is 4.33. The van der Waals surface area contributed by atoms with E-state index in [1.807, 2.05) is 25.1 Å². The predicted octanol–water partition coefficient (Wildman–Crippen LogP) is 1.04. The molecule has 7 heteroatoms. The lowest BCUT2D eigenvalue weighted by molar-refractivity contribution is 0.191. The lowest BCUT2D eigenvalue weighted by atomic mass is 10.2. The first-order valence-corrected chi connectivity index (χ1v) is 8.04. The summed E-state index contributed by atoms with van der Waals surface area (Å²) in [4.78, 5) is 14.8. The van der Waals surface area contributed by atoms with E-state index in [-0.39, 0.29) is 24.5 Å². The Morgan fingerprint density at radius 3 is 2.87 bits per heavy atom. The highest BCUT2D eigenvalue weighted by Crippen LogP contribution is 2.27. The molecule has 1 fully saturated rings. The highest BCUT2D eigenvalue weighted by atomic mass is 19.1. The molecule has 0 spiro atoms. The smallest absolute Gasteiger partial charge is 0.134 e. The second-order valence-corrected chi connectivity index (χ2v) is 6.55. The van der Waals surface area contributed by atoms with E-state index in [9.17, 15) is 9.50 Å². The summed E-state index contributed by atoms with van der Waals surface area (Å²) >= 11 is 0. The molecule has 1 aromatic heterocycles. The first kappa shape index (κ1) is 16.1. The normalized spacial score (nSPS) is 25.2. The summed E-state index contributed by atoms with van der Waals surface area (Å²) in [5, 5.41) is 10.0. The summed E-state index contributed by atoms with van der Waals surface area (Å²) in [6, 6.07) is 2.12. The number of aliphatic hydroxyl groups excluding tert-OH is 1. The molecule has 0 saturated carbocycles. The van der Waals surface area contributed by atoms with E-state index in [1.54, 1.807) is 6.08 Å². The molecule has 0 radical (unpaired) electrons. The van der Waals surface area contributed by atoms with Gasteiger partial charge in [0.15, 0.2) is 0 Å². The average Bonchev–Trinajstić information content (AvgIpc) is 2.87. The second-order valence-electron chi connectivity index (χ2n) is 6.55. The fraction of sp³-hybridized carbons (Fsp3) is 0.625. The van der Waals surface area contributed by atoms with Gasteiger partial charge in [-0.25, -0.2) is 14.4 Å². The van der Waals surface area contributed by atoms with E-state index in [1.165, 1.54) is 6.33 Å². The Labute approximate surface area is 136 Å². The van der Waals surface area contributed by atoms with Crippen LogP contribution in [0.5, 0.6) is 0 Å². The number of aromatic nitrogens is 2. The minimum atomic E-state index is -0.339. The van der Waals surface area contributed by atoms with Gasteiger partial charge in [0.25, 0.3) is 0 Å². The molecule has 0 aliphatic carbocycles. The Bertz CT molecular complexity index is 579. The van der Waals surface area contributed by atoms with Crippen LogP contribution in [0.25, 0.3) is 0 Å². The topological polar surface area (TPSA) is 55.7 Å². The minimum absolute atomic E-state index is 0.113.